The maximum Gasteiger partial charge on any atom is 0.115 e. The second-order valence-electron chi connectivity index (χ2n) is 4.24. The number of phenols is 1. The van der Waals surface area contributed by atoms with Gasteiger partial charge in [-0.1, -0.05) is 36.4 Å². The molecular weight excluding hydrogens is 264 g/mol. The molecular formula is C15H17ClOS. The zero-order valence-corrected chi connectivity index (χ0v) is 11.9. The third-order valence-electron chi connectivity index (χ3n) is 2.95. The average Bonchev–Trinajstić information content (AvgIpc) is 2.33. The van der Waals surface area contributed by atoms with Crippen molar-refractivity contribution in [2.45, 2.75) is 18.6 Å². The Morgan fingerprint density at radius 3 is 2.28 bits per heavy atom. The lowest BCUT2D eigenvalue weighted by molar-refractivity contribution is 0.475. The molecule has 0 bridgehead atoms. The van der Waals surface area contributed by atoms with Crippen molar-refractivity contribution in [3.05, 3.63) is 65.2 Å². The lowest BCUT2D eigenvalue weighted by Crippen LogP contribution is -1.97. The fraction of sp³-hybridized carbons (Fsp3) is 0.200. The quantitative estimate of drug-likeness (QED) is 0.802. The Bertz CT molecular complexity index is 496. The van der Waals surface area contributed by atoms with Gasteiger partial charge < -0.3 is 5.11 Å². The van der Waals surface area contributed by atoms with Crippen LogP contribution in [0.1, 0.15) is 21.9 Å². The minimum atomic E-state index is 0. The van der Waals surface area contributed by atoms with Crippen LogP contribution in [-0.4, -0.2) is 5.11 Å². The van der Waals surface area contributed by atoms with E-state index in [9.17, 15) is 5.11 Å². The van der Waals surface area contributed by atoms with Gasteiger partial charge in [-0.25, -0.2) is 0 Å². The molecule has 3 heteroatoms. The van der Waals surface area contributed by atoms with Crippen molar-refractivity contribution in [3.63, 3.8) is 0 Å². The molecule has 1 atom stereocenters. The molecule has 0 aliphatic heterocycles. The van der Waals surface area contributed by atoms with Crippen molar-refractivity contribution in [1.82, 2.24) is 0 Å². The summed E-state index contributed by atoms with van der Waals surface area (Å²) in [6.45, 7) is 2.12. The lowest BCUT2D eigenvalue weighted by atomic mass is 10.0. The number of aryl methyl sites for hydroxylation is 1. The molecule has 0 radical (unpaired) electrons. The van der Waals surface area contributed by atoms with Crippen molar-refractivity contribution in [2.24, 2.45) is 0 Å². The largest absolute Gasteiger partial charge is 0.508 e. The predicted molar refractivity (Wildman–Crippen MR) is 82.0 cm³/mol. The fourth-order valence-corrected chi connectivity index (χ4v) is 2.23. The Kier molecular flexibility index (Phi) is 5.57. The number of aromatic hydroxyl groups is 1. The third kappa shape index (κ3) is 3.69. The van der Waals surface area contributed by atoms with Crippen LogP contribution in [0.25, 0.3) is 0 Å². The van der Waals surface area contributed by atoms with Gasteiger partial charge in [-0.2, -0.15) is 12.6 Å². The van der Waals surface area contributed by atoms with Crippen LogP contribution >= 0.6 is 25.0 Å². The monoisotopic (exact) mass is 280 g/mol. The van der Waals surface area contributed by atoms with Crippen LogP contribution in [0.2, 0.25) is 0 Å². The van der Waals surface area contributed by atoms with Crippen molar-refractivity contribution in [3.8, 4) is 5.75 Å². The summed E-state index contributed by atoms with van der Waals surface area (Å²) in [5.74, 6) is 0.296. The maximum atomic E-state index is 9.25. The van der Waals surface area contributed by atoms with Crippen LogP contribution in [0.15, 0.2) is 48.5 Å². The molecule has 0 amide bonds. The molecule has 1 nitrogen and oxygen atoms in total. The van der Waals surface area contributed by atoms with Crippen LogP contribution in [0.3, 0.4) is 0 Å². The SMILES string of the molecule is Cc1ccccc1CC(S)c1ccc(O)cc1.Cl. The molecule has 0 aliphatic carbocycles. The molecule has 2 aromatic carbocycles. The van der Waals surface area contributed by atoms with Gasteiger partial charge >= 0.3 is 0 Å². The summed E-state index contributed by atoms with van der Waals surface area (Å²) in [6, 6.07) is 15.6. The maximum absolute atomic E-state index is 9.25. The Morgan fingerprint density at radius 1 is 1.06 bits per heavy atom. The van der Waals surface area contributed by atoms with Crippen LogP contribution in [0.4, 0.5) is 0 Å². The number of hydrogen-bond acceptors (Lipinski definition) is 2. The lowest BCUT2D eigenvalue weighted by Gasteiger charge is -2.13. The molecule has 18 heavy (non-hydrogen) atoms. The molecule has 2 rings (SSSR count). The second-order valence-corrected chi connectivity index (χ2v) is 4.86. The molecule has 0 heterocycles. The standard InChI is InChI=1S/C15H16OS.ClH/c1-11-4-2-3-5-13(11)10-15(17)12-6-8-14(16)9-7-12;/h2-9,15-17H,10H2,1H3;1H. The predicted octanol–water partition coefficient (Wildman–Crippen LogP) is 4.34. The van der Waals surface area contributed by atoms with Crippen molar-refractivity contribution in [2.75, 3.05) is 0 Å². The topological polar surface area (TPSA) is 20.2 Å². The van der Waals surface area contributed by atoms with E-state index in [1.54, 1.807) is 12.1 Å². The van der Waals surface area contributed by atoms with Gasteiger partial charge in [0, 0.05) is 5.25 Å². The van der Waals surface area contributed by atoms with Crippen LogP contribution in [0, 0.1) is 6.92 Å². The van der Waals surface area contributed by atoms with Gasteiger partial charge in [0.2, 0.25) is 0 Å². The highest BCUT2D eigenvalue weighted by atomic mass is 35.5. The first-order chi connectivity index (χ1) is 8.16. The van der Waals surface area contributed by atoms with E-state index >= 15 is 0 Å². The van der Waals surface area contributed by atoms with Gasteiger partial charge in [0.25, 0.3) is 0 Å². The zero-order chi connectivity index (χ0) is 12.3. The summed E-state index contributed by atoms with van der Waals surface area (Å²) in [5, 5.41) is 9.41. The number of thiol groups is 1. The van der Waals surface area contributed by atoms with E-state index in [2.05, 4.69) is 37.8 Å². The second kappa shape index (κ2) is 6.72. The summed E-state index contributed by atoms with van der Waals surface area (Å²) >= 11 is 4.63. The number of rotatable bonds is 3. The molecule has 2 aromatic rings. The first kappa shape index (κ1) is 14.9. The number of benzene rings is 2. The third-order valence-corrected chi connectivity index (χ3v) is 3.43. The Hall–Kier alpha value is -1.12. The molecule has 0 saturated heterocycles. The van der Waals surface area contributed by atoms with Crippen LogP contribution in [-0.2, 0) is 6.42 Å². The highest BCUT2D eigenvalue weighted by Crippen LogP contribution is 2.26. The number of phenolic OH excluding ortho intramolecular Hbond substituents is 1. The number of halogens is 1. The molecule has 1 unspecified atom stereocenters. The first-order valence-corrected chi connectivity index (χ1v) is 6.20. The average molecular weight is 281 g/mol. The van der Waals surface area contributed by atoms with Crippen LogP contribution < -0.4 is 0 Å². The highest BCUT2D eigenvalue weighted by Gasteiger charge is 2.08. The van der Waals surface area contributed by atoms with Gasteiger partial charge in [0.1, 0.15) is 5.75 Å². The van der Waals surface area contributed by atoms with Crippen LogP contribution in [0.5, 0.6) is 5.75 Å². The summed E-state index contributed by atoms with van der Waals surface area (Å²) in [6.07, 6.45) is 0.903. The van der Waals surface area contributed by atoms with E-state index in [0.717, 1.165) is 12.0 Å². The molecule has 0 fully saturated rings. The Morgan fingerprint density at radius 2 is 1.67 bits per heavy atom. The molecule has 0 aliphatic rings. The molecule has 0 spiro atoms. The first-order valence-electron chi connectivity index (χ1n) is 5.68. The van der Waals surface area contributed by atoms with Gasteiger partial charge in [-0.3, -0.25) is 0 Å². The van der Waals surface area contributed by atoms with E-state index in [1.165, 1.54) is 11.1 Å². The van der Waals surface area contributed by atoms with E-state index in [-0.39, 0.29) is 17.7 Å². The Balaban J connectivity index is 0.00000162. The van der Waals surface area contributed by atoms with E-state index in [1.807, 2.05) is 18.2 Å². The Labute approximate surface area is 120 Å². The summed E-state index contributed by atoms with van der Waals surface area (Å²) < 4.78 is 0. The van der Waals surface area contributed by atoms with Gasteiger partial charge in [-0.15, -0.1) is 12.4 Å². The minimum Gasteiger partial charge on any atom is -0.508 e. The molecule has 0 aromatic heterocycles. The minimum absolute atomic E-state index is 0. The molecule has 1 N–H and O–H groups in total. The van der Waals surface area contributed by atoms with E-state index in [4.69, 9.17) is 0 Å². The van der Waals surface area contributed by atoms with E-state index in [0.29, 0.717) is 5.75 Å². The molecule has 0 saturated carbocycles. The van der Waals surface area contributed by atoms with Gasteiger partial charge in [0.05, 0.1) is 0 Å². The van der Waals surface area contributed by atoms with Gasteiger partial charge in [0.15, 0.2) is 0 Å². The zero-order valence-electron chi connectivity index (χ0n) is 10.2. The molecule has 96 valence electrons. The van der Waals surface area contributed by atoms with Gasteiger partial charge in [-0.05, 0) is 42.2 Å². The summed E-state index contributed by atoms with van der Waals surface area (Å²) in [4.78, 5) is 0. The smallest absolute Gasteiger partial charge is 0.115 e. The highest BCUT2D eigenvalue weighted by molar-refractivity contribution is 7.80. The normalized spacial score (nSPS) is 11.7. The van der Waals surface area contributed by atoms with Crippen molar-refractivity contribution in [1.29, 1.82) is 0 Å². The number of hydrogen-bond donors (Lipinski definition) is 2. The van der Waals surface area contributed by atoms with E-state index < -0.39 is 0 Å². The fourth-order valence-electron chi connectivity index (χ4n) is 1.86. The summed E-state index contributed by atoms with van der Waals surface area (Å²) in [5.41, 5.74) is 3.75. The van der Waals surface area contributed by atoms with Crippen molar-refractivity contribution < 1.29 is 5.11 Å². The summed E-state index contributed by atoms with van der Waals surface area (Å²) in [7, 11) is 0. The van der Waals surface area contributed by atoms with Crippen molar-refractivity contribution >= 4 is 25.0 Å².